The number of nitrogens with zero attached hydrogens (tertiary/aromatic N) is 5. The molecule has 4 heterocycles. The summed E-state index contributed by atoms with van der Waals surface area (Å²) in [5, 5.41) is 38.3. The Kier molecular flexibility index (Phi) is 15.1. The smallest absolute Gasteiger partial charge is 0.340 e. The van der Waals surface area contributed by atoms with E-state index in [0.717, 1.165) is 54.8 Å². The molecule has 256 valence electrons. The van der Waals surface area contributed by atoms with Crippen molar-refractivity contribution in [1.29, 1.82) is 0 Å². The highest BCUT2D eigenvalue weighted by atomic mass is 16.7. The molecule has 0 radical (unpaired) electrons. The monoisotopic (exact) mass is 656 g/mol. The fourth-order valence-corrected chi connectivity index (χ4v) is 5.04. The van der Waals surface area contributed by atoms with Crippen LogP contribution in [-0.4, -0.2) is 80.3 Å². The van der Waals surface area contributed by atoms with Crippen molar-refractivity contribution in [1.82, 2.24) is 15.7 Å². The highest BCUT2D eigenvalue weighted by Gasteiger charge is 2.41. The van der Waals surface area contributed by atoms with Gasteiger partial charge in [-0.1, -0.05) is 7.43 Å². The van der Waals surface area contributed by atoms with Gasteiger partial charge in [-0.15, -0.1) is 0 Å². The number of hydrogen-bond donors (Lipinski definition) is 2. The number of ether oxygens (including phenoxy) is 4. The first-order chi connectivity index (χ1) is 20.9. The average Bonchev–Trinajstić information content (AvgIpc) is 3.67. The number of Topliss-reactive ketones (excluding diaryl/α,β-unsaturated/α-hetero) is 1. The third-order valence-corrected chi connectivity index (χ3v) is 7.21. The predicted molar refractivity (Wildman–Crippen MR) is 161 cm³/mol. The summed E-state index contributed by atoms with van der Waals surface area (Å²) in [4.78, 5) is 55.3. The topological polar surface area (TPSA) is 274 Å². The fourth-order valence-electron chi connectivity index (χ4n) is 5.04. The number of aliphatic hydroxyl groups is 1. The molecule has 2 saturated heterocycles. The van der Waals surface area contributed by atoms with Gasteiger partial charge in [0.2, 0.25) is 0 Å². The van der Waals surface area contributed by atoms with E-state index in [1.54, 1.807) is 6.07 Å². The van der Waals surface area contributed by atoms with Crippen molar-refractivity contribution in [3.05, 3.63) is 76.5 Å². The lowest BCUT2D eigenvalue weighted by Gasteiger charge is -2.31. The molecule has 0 unspecified atom stereocenters. The number of fused-ring (bicyclic) bond motifs is 1. The van der Waals surface area contributed by atoms with Crippen LogP contribution in [0.5, 0.6) is 0 Å². The van der Waals surface area contributed by atoms with E-state index in [0.29, 0.717) is 57.5 Å². The summed E-state index contributed by atoms with van der Waals surface area (Å²) in [6, 6.07) is 2.22. The van der Waals surface area contributed by atoms with Crippen LogP contribution >= 0.6 is 0 Å². The lowest BCUT2D eigenvalue weighted by molar-refractivity contribution is -0.395. The Morgan fingerprint density at radius 3 is 1.80 bits per heavy atom. The molecule has 0 bridgehead atoms. The first-order valence-electron chi connectivity index (χ1n) is 13.6. The molecule has 19 nitrogen and oxygen atoms in total. The number of aliphatic hydroxyl groups excluding tert-OH is 1. The molecule has 2 spiro atoms. The van der Waals surface area contributed by atoms with Crippen molar-refractivity contribution >= 4 is 22.8 Å². The molecule has 2 aromatic rings. The first-order valence-corrected chi connectivity index (χ1v) is 13.6. The van der Waals surface area contributed by atoms with Crippen LogP contribution in [0.2, 0.25) is 0 Å². The maximum absolute atomic E-state index is 11.1. The molecule has 2 aliphatic carbocycles. The molecule has 46 heavy (non-hydrogen) atoms. The summed E-state index contributed by atoms with van der Waals surface area (Å²) in [6.07, 6.45) is 7.06. The maximum Gasteiger partial charge on any atom is 0.340 e. The van der Waals surface area contributed by atoms with Gasteiger partial charge in [-0.05, 0) is 12.0 Å². The van der Waals surface area contributed by atoms with E-state index in [9.17, 15) is 39.9 Å². The third-order valence-electron chi connectivity index (χ3n) is 7.21. The molecule has 4 aliphatic rings. The molecule has 3 fully saturated rings. The maximum atomic E-state index is 11.1. The van der Waals surface area contributed by atoms with Gasteiger partial charge >= 0.3 is 11.2 Å². The quantitative estimate of drug-likeness (QED) is 0.355. The van der Waals surface area contributed by atoms with E-state index in [1.807, 2.05) is 0 Å². The molecule has 0 aromatic carbocycles. The van der Waals surface area contributed by atoms with Crippen LogP contribution in [0.3, 0.4) is 0 Å². The molecule has 1 saturated carbocycles. The Balaban J connectivity index is 0.000000335. The number of ketones is 1. The molecule has 2 aromatic heterocycles. The van der Waals surface area contributed by atoms with Gasteiger partial charge in [-0.2, -0.15) is 0 Å². The van der Waals surface area contributed by atoms with Gasteiger partial charge < -0.3 is 34.8 Å². The number of hydrogen-bond acceptors (Lipinski definition) is 15. The molecule has 2 aliphatic heterocycles. The second-order valence-electron chi connectivity index (χ2n) is 10.0. The Morgan fingerprint density at radius 2 is 1.30 bits per heavy atom. The minimum atomic E-state index is -0.949. The van der Waals surface area contributed by atoms with E-state index >= 15 is 0 Å². The molecule has 4 N–H and O–H groups in total. The second-order valence-corrected chi connectivity index (χ2v) is 10.0. The highest BCUT2D eigenvalue weighted by molar-refractivity contribution is 5.79. The van der Waals surface area contributed by atoms with Crippen LogP contribution in [0.15, 0.2) is 29.3 Å². The molecule has 19 heteroatoms. The summed E-state index contributed by atoms with van der Waals surface area (Å²) >= 11 is 0. The molecular formula is C27H40N6O13. The van der Waals surface area contributed by atoms with Crippen LogP contribution < -0.4 is 11.7 Å². The number of pyridine rings is 2. The Hall–Kier alpha value is -4.27. The zero-order chi connectivity index (χ0) is 32.5. The van der Waals surface area contributed by atoms with Crippen LogP contribution in [0.4, 0.5) is 17.1 Å². The molecular weight excluding hydrogens is 616 g/mol. The van der Waals surface area contributed by atoms with Crippen LogP contribution in [0.1, 0.15) is 50.8 Å². The second kappa shape index (κ2) is 17.4. The third kappa shape index (κ3) is 9.86. The van der Waals surface area contributed by atoms with Crippen molar-refractivity contribution in [3.63, 3.8) is 0 Å². The fraction of sp³-hybridized carbons (Fsp3) is 0.593. The number of carbonyl (C=O) groups excluding carboxylic acids is 1. The minimum Gasteiger partial charge on any atom is -0.400 e. The van der Waals surface area contributed by atoms with Crippen LogP contribution in [0.25, 0.3) is 0 Å². The largest absolute Gasteiger partial charge is 0.400 e. The lowest BCUT2D eigenvalue weighted by atomic mass is 9.90. The van der Waals surface area contributed by atoms with Gasteiger partial charge in [0, 0.05) is 64.4 Å². The molecule has 0 atom stereocenters. The zero-order valence-corrected chi connectivity index (χ0v) is 24.9. The van der Waals surface area contributed by atoms with Crippen molar-refractivity contribution in [2.45, 2.75) is 63.9 Å². The van der Waals surface area contributed by atoms with E-state index in [-0.39, 0.29) is 25.1 Å². The standard InChI is InChI=1S/C11H12N2O4.C8H12O3.C6H5N3O5.CH4O.CH4.H3N/c14-13(15)9-5-8-6-11(16-3-4-17-11)2-1-10(8)12-7-9;9-7-1-3-8(4-2-7)10-5-6-11-8;1-7-3-4(8(11)12)2-5(6(7)10)9(13)14;1-2;;/h5,7H,1-4,6H2;1-6H2;2-3H,1H3;2H,1H3;1H4;1H3. The van der Waals surface area contributed by atoms with Crippen molar-refractivity contribution in [2.24, 2.45) is 7.05 Å². The number of rotatable bonds is 3. The predicted octanol–water partition coefficient (Wildman–Crippen LogP) is 2.70. The van der Waals surface area contributed by atoms with E-state index < -0.39 is 37.5 Å². The van der Waals surface area contributed by atoms with Crippen molar-refractivity contribution in [3.8, 4) is 0 Å². The van der Waals surface area contributed by atoms with Crippen LogP contribution in [-0.2, 0) is 43.6 Å². The number of carbonyl (C=O) groups is 1. The van der Waals surface area contributed by atoms with Gasteiger partial charge in [0.25, 0.3) is 11.4 Å². The van der Waals surface area contributed by atoms with Gasteiger partial charge in [0.15, 0.2) is 11.6 Å². The van der Waals surface area contributed by atoms with Gasteiger partial charge in [0.1, 0.15) is 18.0 Å². The average molecular weight is 657 g/mol. The van der Waals surface area contributed by atoms with E-state index in [1.165, 1.54) is 13.2 Å². The summed E-state index contributed by atoms with van der Waals surface area (Å²) in [6.45, 7) is 2.57. The highest BCUT2D eigenvalue weighted by Crippen LogP contribution is 2.36. The van der Waals surface area contributed by atoms with Gasteiger partial charge in [-0.25, -0.2) is 0 Å². The van der Waals surface area contributed by atoms with Crippen molar-refractivity contribution < 1.29 is 43.6 Å². The number of aryl methyl sites for hydroxylation is 2. The minimum absolute atomic E-state index is 0. The Bertz CT molecular complexity index is 1420. The number of nitro groups is 3. The Labute approximate surface area is 263 Å². The zero-order valence-electron chi connectivity index (χ0n) is 24.9. The van der Waals surface area contributed by atoms with Gasteiger partial charge in [0.05, 0.1) is 47.4 Å². The summed E-state index contributed by atoms with van der Waals surface area (Å²) in [5.74, 6) is -0.590. The molecule has 0 amide bonds. The van der Waals surface area contributed by atoms with E-state index in [2.05, 4.69) is 4.98 Å². The summed E-state index contributed by atoms with van der Waals surface area (Å²) in [7, 11) is 2.21. The van der Waals surface area contributed by atoms with Crippen LogP contribution in [0, 0.1) is 30.3 Å². The summed E-state index contributed by atoms with van der Waals surface area (Å²) in [5.41, 5.74) is -0.354. The molecule has 6 rings (SSSR count). The first kappa shape index (κ1) is 39.8. The normalized spacial score (nSPS) is 18.1. The summed E-state index contributed by atoms with van der Waals surface area (Å²) < 4.78 is 22.9. The van der Waals surface area contributed by atoms with Gasteiger partial charge in [-0.3, -0.25) is 44.9 Å². The lowest BCUT2D eigenvalue weighted by Crippen LogP contribution is -2.37. The van der Waals surface area contributed by atoms with E-state index in [4.69, 9.17) is 24.1 Å². The SMILES string of the molecule is C.CO.Cn1cc([N+](=O)[O-])cc([N+](=O)[O-])c1=O.N.O=C1CCC2(CC1)OCCO2.O=[N+]([O-])c1cnc2c(c1)CC1(CC2)OCCO1. The number of aromatic nitrogens is 2. The Morgan fingerprint density at radius 1 is 0.804 bits per heavy atom. The van der Waals surface area contributed by atoms with Crippen molar-refractivity contribution in [2.75, 3.05) is 33.5 Å².